The summed E-state index contributed by atoms with van der Waals surface area (Å²) in [5.74, 6) is 0.561. The third-order valence-electron chi connectivity index (χ3n) is 4.88. The van der Waals surface area contributed by atoms with Gasteiger partial charge >= 0.3 is 0 Å². The molecule has 1 N–H and O–H groups in total. The molecule has 4 aromatic rings. The van der Waals surface area contributed by atoms with Gasteiger partial charge < -0.3 is 5.32 Å². The molecule has 0 unspecified atom stereocenters. The lowest BCUT2D eigenvalue weighted by molar-refractivity contribution is -0.384. The molecule has 1 aromatic heterocycles. The van der Waals surface area contributed by atoms with Crippen LogP contribution < -0.4 is 5.32 Å². The van der Waals surface area contributed by atoms with E-state index in [1.54, 1.807) is 22.8 Å². The first-order chi connectivity index (χ1) is 16.8. The van der Waals surface area contributed by atoms with Crippen molar-refractivity contribution in [2.24, 2.45) is 0 Å². The summed E-state index contributed by atoms with van der Waals surface area (Å²) in [5, 5.41) is 23.6. The van der Waals surface area contributed by atoms with E-state index in [0.717, 1.165) is 11.6 Å². The summed E-state index contributed by atoms with van der Waals surface area (Å²) < 4.78 is 1.75. The summed E-state index contributed by atoms with van der Waals surface area (Å²) >= 11 is 20.1. The molecule has 178 valence electrons. The maximum absolute atomic E-state index is 12.7. The predicted molar refractivity (Wildman–Crippen MR) is 137 cm³/mol. The summed E-state index contributed by atoms with van der Waals surface area (Å²) in [7, 11) is 0. The van der Waals surface area contributed by atoms with Crippen molar-refractivity contribution in [3.63, 3.8) is 0 Å². The molecule has 0 aliphatic heterocycles. The van der Waals surface area contributed by atoms with Gasteiger partial charge in [0, 0.05) is 22.9 Å². The average molecular weight is 549 g/mol. The van der Waals surface area contributed by atoms with Crippen LogP contribution in [0.1, 0.15) is 21.7 Å². The Bertz CT molecular complexity index is 1400. The minimum Gasteiger partial charge on any atom is -0.345 e. The maximum Gasteiger partial charge on any atom is 0.270 e. The first-order valence-corrected chi connectivity index (χ1v) is 12.2. The first-order valence-electron chi connectivity index (χ1n) is 10.1. The van der Waals surface area contributed by atoms with Gasteiger partial charge in [-0.2, -0.15) is 0 Å². The number of non-ortho nitro benzene ring substituents is 1. The van der Waals surface area contributed by atoms with Crippen molar-refractivity contribution in [1.82, 2.24) is 20.1 Å². The van der Waals surface area contributed by atoms with Crippen LogP contribution in [0.3, 0.4) is 0 Å². The van der Waals surface area contributed by atoms with Gasteiger partial charge in [-0.05, 0) is 29.8 Å². The van der Waals surface area contributed by atoms with Crippen LogP contribution in [0.5, 0.6) is 0 Å². The van der Waals surface area contributed by atoms with Gasteiger partial charge in [-0.15, -0.1) is 10.2 Å². The smallest absolute Gasteiger partial charge is 0.270 e. The number of benzene rings is 3. The lowest BCUT2D eigenvalue weighted by Crippen LogP contribution is -2.25. The zero-order valence-corrected chi connectivity index (χ0v) is 20.9. The van der Waals surface area contributed by atoms with Crippen molar-refractivity contribution in [2.45, 2.75) is 17.5 Å². The molecule has 0 aliphatic rings. The Labute approximate surface area is 219 Å². The molecule has 0 saturated heterocycles. The van der Waals surface area contributed by atoms with Crippen LogP contribution in [0.15, 0.2) is 71.9 Å². The Kier molecular flexibility index (Phi) is 7.92. The third kappa shape index (κ3) is 5.94. The molecule has 8 nitrogen and oxygen atoms in total. The minimum absolute atomic E-state index is 0.00397. The molecule has 1 heterocycles. The SMILES string of the molecule is O=C(NCc1nnc(SCc2ccccc2)n1-c1ccc(Cl)cc1Cl)c1ccc([N+](=O)[O-])cc1Cl. The van der Waals surface area contributed by atoms with Crippen molar-refractivity contribution >= 4 is 58.2 Å². The van der Waals surface area contributed by atoms with Gasteiger partial charge in [-0.1, -0.05) is 76.9 Å². The molecule has 0 fully saturated rings. The predicted octanol–water partition coefficient (Wildman–Crippen LogP) is 6.36. The minimum atomic E-state index is -0.583. The van der Waals surface area contributed by atoms with E-state index in [-0.39, 0.29) is 22.8 Å². The normalized spacial score (nSPS) is 10.8. The lowest BCUT2D eigenvalue weighted by Gasteiger charge is -2.13. The van der Waals surface area contributed by atoms with Crippen molar-refractivity contribution in [3.8, 4) is 5.69 Å². The van der Waals surface area contributed by atoms with Gasteiger partial charge in [0.15, 0.2) is 11.0 Å². The largest absolute Gasteiger partial charge is 0.345 e. The molecule has 0 bridgehead atoms. The zero-order valence-electron chi connectivity index (χ0n) is 17.8. The number of hydrogen-bond acceptors (Lipinski definition) is 6. The fraction of sp³-hybridized carbons (Fsp3) is 0.0870. The van der Waals surface area contributed by atoms with Gasteiger partial charge in [0.05, 0.1) is 32.8 Å². The Morgan fingerprint density at radius 3 is 2.46 bits per heavy atom. The molecular weight excluding hydrogens is 533 g/mol. The molecule has 3 aromatic carbocycles. The van der Waals surface area contributed by atoms with E-state index in [9.17, 15) is 14.9 Å². The Balaban J connectivity index is 1.60. The summed E-state index contributed by atoms with van der Waals surface area (Å²) in [6, 6.07) is 18.6. The van der Waals surface area contributed by atoms with Gasteiger partial charge in [-0.25, -0.2) is 0 Å². The molecule has 35 heavy (non-hydrogen) atoms. The van der Waals surface area contributed by atoms with Crippen LogP contribution in [-0.2, 0) is 12.3 Å². The van der Waals surface area contributed by atoms with Crippen molar-refractivity contribution in [1.29, 1.82) is 0 Å². The fourth-order valence-electron chi connectivity index (χ4n) is 3.19. The van der Waals surface area contributed by atoms with Crippen LogP contribution in [0.25, 0.3) is 5.69 Å². The second-order valence-corrected chi connectivity index (χ2v) is 9.40. The summed E-state index contributed by atoms with van der Waals surface area (Å²) in [4.78, 5) is 23.1. The number of carbonyl (C=O) groups is 1. The number of thioether (sulfide) groups is 1. The van der Waals surface area contributed by atoms with Crippen LogP contribution in [0, 0.1) is 10.1 Å². The quantitative estimate of drug-likeness (QED) is 0.156. The molecule has 4 rings (SSSR count). The van der Waals surface area contributed by atoms with E-state index >= 15 is 0 Å². The number of hydrogen-bond donors (Lipinski definition) is 1. The molecule has 1 amide bonds. The van der Waals surface area contributed by atoms with Crippen LogP contribution in [0.2, 0.25) is 15.1 Å². The number of nitro groups is 1. The average Bonchev–Trinajstić information content (AvgIpc) is 3.24. The number of amides is 1. The number of nitrogens with one attached hydrogen (secondary N) is 1. The van der Waals surface area contributed by atoms with E-state index < -0.39 is 10.8 Å². The van der Waals surface area contributed by atoms with E-state index in [0.29, 0.717) is 32.5 Å². The highest BCUT2D eigenvalue weighted by Crippen LogP contribution is 2.31. The highest BCUT2D eigenvalue weighted by molar-refractivity contribution is 7.98. The topological polar surface area (TPSA) is 103 Å². The number of nitrogens with zero attached hydrogens (tertiary/aromatic N) is 4. The van der Waals surface area contributed by atoms with E-state index in [1.807, 2.05) is 30.3 Å². The second-order valence-electron chi connectivity index (χ2n) is 7.21. The molecule has 0 spiro atoms. The summed E-state index contributed by atoms with van der Waals surface area (Å²) in [5.41, 5.74) is 1.61. The number of carbonyl (C=O) groups excluding carboxylic acids is 1. The van der Waals surface area contributed by atoms with Crippen molar-refractivity contribution in [3.05, 3.63) is 109 Å². The van der Waals surface area contributed by atoms with Crippen molar-refractivity contribution in [2.75, 3.05) is 0 Å². The van der Waals surface area contributed by atoms with E-state index in [1.165, 1.54) is 23.9 Å². The van der Waals surface area contributed by atoms with Gasteiger partial charge in [0.25, 0.3) is 11.6 Å². The first kappa shape index (κ1) is 25.0. The zero-order chi connectivity index (χ0) is 24.9. The molecule has 0 saturated carbocycles. The highest BCUT2D eigenvalue weighted by Gasteiger charge is 2.20. The van der Waals surface area contributed by atoms with Gasteiger partial charge in [0.1, 0.15) is 0 Å². The van der Waals surface area contributed by atoms with Gasteiger partial charge in [-0.3, -0.25) is 19.5 Å². The molecule has 12 heteroatoms. The number of nitro benzene ring substituents is 1. The number of aromatic nitrogens is 3. The molecule has 0 atom stereocenters. The lowest BCUT2D eigenvalue weighted by atomic mass is 10.2. The Hall–Kier alpha value is -3.11. The maximum atomic E-state index is 12.7. The molecule has 0 aliphatic carbocycles. The third-order valence-corrected chi connectivity index (χ3v) is 6.73. The summed E-state index contributed by atoms with van der Waals surface area (Å²) in [6.45, 7) is 0.00397. The number of rotatable bonds is 8. The van der Waals surface area contributed by atoms with Gasteiger partial charge in [0.2, 0.25) is 0 Å². The molecule has 0 radical (unpaired) electrons. The molecular formula is C23H16Cl3N5O3S. The number of halogens is 3. The summed E-state index contributed by atoms with van der Waals surface area (Å²) in [6.07, 6.45) is 0. The van der Waals surface area contributed by atoms with Crippen LogP contribution in [0.4, 0.5) is 5.69 Å². The van der Waals surface area contributed by atoms with E-state index in [2.05, 4.69) is 15.5 Å². The Morgan fingerprint density at radius 1 is 1.00 bits per heavy atom. The van der Waals surface area contributed by atoms with Crippen LogP contribution in [-0.4, -0.2) is 25.6 Å². The van der Waals surface area contributed by atoms with E-state index in [4.69, 9.17) is 34.8 Å². The highest BCUT2D eigenvalue weighted by atomic mass is 35.5. The van der Waals surface area contributed by atoms with Crippen LogP contribution >= 0.6 is 46.6 Å². The standard InChI is InChI=1S/C23H16Cl3N5O3S/c24-15-6-9-20(19(26)10-15)30-21(28-29-23(30)35-13-14-4-2-1-3-5-14)12-27-22(32)17-8-7-16(31(33)34)11-18(17)25/h1-11H,12-13H2,(H,27,32). The Morgan fingerprint density at radius 2 is 1.77 bits per heavy atom. The fourth-order valence-corrected chi connectivity index (χ4v) is 4.86. The monoisotopic (exact) mass is 547 g/mol. The second kappa shape index (κ2) is 11.1. The van der Waals surface area contributed by atoms with Crippen molar-refractivity contribution < 1.29 is 9.72 Å².